The van der Waals surface area contributed by atoms with Crippen molar-refractivity contribution in [2.45, 2.75) is 39.2 Å². The lowest BCUT2D eigenvalue weighted by atomic mass is 10.1. The highest BCUT2D eigenvalue weighted by molar-refractivity contribution is 7.91. The minimum atomic E-state index is -3.15. The molecular formula is C19H31N5O5S. The lowest BCUT2D eigenvalue weighted by Gasteiger charge is -2.36. The van der Waals surface area contributed by atoms with Gasteiger partial charge in [0.2, 0.25) is 11.8 Å². The Morgan fingerprint density at radius 3 is 2.33 bits per heavy atom. The van der Waals surface area contributed by atoms with Crippen LogP contribution in [-0.4, -0.2) is 115 Å². The van der Waals surface area contributed by atoms with Crippen LogP contribution in [0.4, 0.5) is 0 Å². The minimum absolute atomic E-state index is 0.0500. The second-order valence-corrected chi connectivity index (χ2v) is 10.2. The van der Waals surface area contributed by atoms with Crippen LogP contribution >= 0.6 is 0 Å². The maximum Gasteiger partial charge on any atom is 0.270 e. The van der Waals surface area contributed by atoms with Crippen LogP contribution in [-0.2, 0) is 24.2 Å². The van der Waals surface area contributed by atoms with E-state index < -0.39 is 15.9 Å². The molecule has 3 heterocycles. The Morgan fingerprint density at radius 1 is 1.10 bits per heavy atom. The van der Waals surface area contributed by atoms with Gasteiger partial charge in [-0.2, -0.15) is 5.10 Å². The van der Waals surface area contributed by atoms with E-state index in [9.17, 15) is 22.8 Å². The monoisotopic (exact) mass is 441 g/mol. The zero-order valence-electron chi connectivity index (χ0n) is 17.7. The van der Waals surface area contributed by atoms with Gasteiger partial charge in [0.15, 0.2) is 9.84 Å². The molecule has 10 nitrogen and oxygen atoms in total. The van der Waals surface area contributed by atoms with E-state index in [1.807, 2.05) is 18.7 Å². The maximum absolute atomic E-state index is 12.9. The number of hydrogen-bond donors (Lipinski definition) is 0. The summed E-state index contributed by atoms with van der Waals surface area (Å²) in [5.41, 5.74) is 0.312. The summed E-state index contributed by atoms with van der Waals surface area (Å²) in [6, 6.07) is -0.478. The number of rotatable bonds is 6. The predicted octanol–water partition coefficient (Wildman–Crippen LogP) is -0.835. The molecule has 0 aromatic carbocycles. The molecule has 1 unspecified atom stereocenters. The van der Waals surface area contributed by atoms with Crippen molar-refractivity contribution in [2.24, 2.45) is 5.10 Å². The number of likely N-dealkylation sites (N-methyl/N-ethyl adjacent to an activating group) is 1. The minimum Gasteiger partial charge on any atom is -0.342 e. The van der Waals surface area contributed by atoms with E-state index in [2.05, 4.69) is 5.10 Å². The van der Waals surface area contributed by atoms with Crippen molar-refractivity contribution >= 4 is 33.3 Å². The summed E-state index contributed by atoms with van der Waals surface area (Å²) in [6.45, 7) is 7.84. The van der Waals surface area contributed by atoms with E-state index in [1.165, 1.54) is 5.01 Å². The summed E-state index contributed by atoms with van der Waals surface area (Å²) in [5.74, 6) is -0.384. The van der Waals surface area contributed by atoms with Gasteiger partial charge in [-0.1, -0.05) is 0 Å². The van der Waals surface area contributed by atoms with Crippen LogP contribution < -0.4 is 0 Å². The molecular weight excluding hydrogens is 410 g/mol. The molecule has 3 aliphatic rings. The van der Waals surface area contributed by atoms with E-state index in [1.54, 1.807) is 9.80 Å². The average molecular weight is 442 g/mol. The lowest BCUT2D eigenvalue weighted by molar-refractivity contribution is -0.134. The van der Waals surface area contributed by atoms with Gasteiger partial charge in [-0.3, -0.25) is 19.3 Å². The fourth-order valence-electron chi connectivity index (χ4n) is 4.14. The molecule has 0 aromatic heterocycles. The number of nitrogens with zero attached hydrogens (tertiary/aromatic N) is 5. The molecule has 2 saturated heterocycles. The number of sulfone groups is 1. The molecule has 0 bridgehead atoms. The first-order valence-corrected chi connectivity index (χ1v) is 12.5. The molecule has 0 aliphatic carbocycles. The molecule has 2 fully saturated rings. The van der Waals surface area contributed by atoms with Crippen molar-refractivity contribution in [3.05, 3.63) is 0 Å². The number of amides is 3. The van der Waals surface area contributed by atoms with E-state index >= 15 is 0 Å². The van der Waals surface area contributed by atoms with Gasteiger partial charge >= 0.3 is 0 Å². The first-order valence-electron chi connectivity index (χ1n) is 10.6. The van der Waals surface area contributed by atoms with Gasteiger partial charge in [-0.15, -0.1) is 0 Å². The first kappa shape index (κ1) is 22.7. The molecule has 11 heteroatoms. The van der Waals surface area contributed by atoms with Crippen LogP contribution in [0.3, 0.4) is 0 Å². The van der Waals surface area contributed by atoms with Crippen LogP contribution in [0, 0.1) is 0 Å². The maximum atomic E-state index is 12.9. The Labute approximate surface area is 177 Å². The smallest absolute Gasteiger partial charge is 0.270 e. The van der Waals surface area contributed by atoms with Gasteiger partial charge in [-0.05, 0) is 20.3 Å². The van der Waals surface area contributed by atoms with Crippen molar-refractivity contribution in [1.82, 2.24) is 19.7 Å². The fourth-order valence-corrected chi connectivity index (χ4v) is 5.83. The molecule has 0 saturated carbocycles. The second-order valence-electron chi connectivity index (χ2n) is 7.98. The summed E-state index contributed by atoms with van der Waals surface area (Å²) >= 11 is 0. The van der Waals surface area contributed by atoms with Crippen molar-refractivity contribution in [3.8, 4) is 0 Å². The Morgan fingerprint density at radius 2 is 1.77 bits per heavy atom. The van der Waals surface area contributed by atoms with Crippen molar-refractivity contribution < 1.29 is 22.8 Å². The van der Waals surface area contributed by atoms with Crippen LogP contribution in [0.25, 0.3) is 0 Å². The number of carbonyl (C=O) groups is 3. The molecule has 168 valence electrons. The van der Waals surface area contributed by atoms with Gasteiger partial charge < -0.3 is 9.80 Å². The molecule has 3 aliphatic heterocycles. The van der Waals surface area contributed by atoms with Crippen LogP contribution in [0.15, 0.2) is 5.10 Å². The third kappa shape index (κ3) is 5.18. The van der Waals surface area contributed by atoms with Gasteiger partial charge in [0.1, 0.15) is 5.71 Å². The first-order chi connectivity index (χ1) is 14.2. The third-order valence-electron chi connectivity index (χ3n) is 6.00. The number of piperazine rings is 1. The molecule has 0 spiro atoms. The zero-order chi connectivity index (χ0) is 21.9. The molecule has 0 radical (unpaired) electrons. The van der Waals surface area contributed by atoms with E-state index in [4.69, 9.17) is 0 Å². The summed E-state index contributed by atoms with van der Waals surface area (Å²) in [5, 5.41) is 5.49. The lowest BCUT2D eigenvalue weighted by Crippen LogP contribution is -2.53. The van der Waals surface area contributed by atoms with Crippen LogP contribution in [0.2, 0.25) is 0 Å². The number of hydrogen-bond acceptors (Lipinski definition) is 7. The van der Waals surface area contributed by atoms with Gasteiger partial charge in [0.05, 0.1) is 24.1 Å². The SMILES string of the molecule is CCN(CC)C(=O)CN1CCN(C(=O)C2=NN(C3CCS(=O)(=O)C3)C(=O)CC2)CC1. The highest BCUT2D eigenvalue weighted by Crippen LogP contribution is 2.22. The highest BCUT2D eigenvalue weighted by atomic mass is 32.2. The van der Waals surface area contributed by atoms with Gasteiger partial charge in [0.25, 0.3) is 5.91 Å². The van der Waals surface area contributed by atoms with E-state index in [0.29, 0.717) is 57.9 Å². The summed E-state index contributed by atoms with van der Waals surface area (Å²) in [6.07, 6.45) is 0.798. The number of carbonyl (C=O) groups excluding carboxylic acids is 3. The van der Waals surface area contributed by atoms with Crippen LogP contribution in [0.5, 0.6) is 0 Å². The third-order valence-corrected chi connectivity index (χ3v) is 7.75. The Hall–Kier alpha value is -2.01. The van der Waals surface area contributed by atoms with E-state index in [-0.39, 0.29) is 42.1 Å². The molecule has 0 aromatic rings. The molecule has 3 amide bonds. The predicted molar refractivity (Wildman–Crippen MR) is 112 cm³/mol. The Bertz CT molecular complexity index is 815. The standard InChI is InChI=1S/C19H31N5O5S/c1-3-22(4-2)18(26)13-21-8-10-23(11-9-21)19(27)16-5-6-17(25)24(20-16)15-7-12-30(28,29)14-15/h15H,3-14H2,1-2H3. The summed E-state index contributed by atoms with van der Waals surface area (Å²) in [7, 11) is -3.15. The Kier molecular flexibility index (Phi) is 7.12. The second kappa shape index (κ2) is 9.42. The summed E-state index contributed by atoms with van der Waals surface area (Å²) in [4.78, 5) is 43.0. The number of hydrazone groups is 1. The zero-order valence-corrected chi connectivity index (χ0v) is 18.6. The largest absolute Gasteiger partial charge is 0.342 e. The van der Waals surface area contributed by atoms with Crippen molar-refractivity contribution in [2.75, 3.05) is 57.3 Å². The highest BCUT2D eigenvalue weighted by Gasteiger charge is 2.38. The normalized spacial score (nSPS) is 24.7. The summed E-state index contributed by atoms with van der Waals surface area (Å²) < 4.78 is 23.5. The van der Waals surface area contributed by atoms with Crippen molar-refractivity contribution in [3.63, 3.8) is 0 Å². The average Bonchev–Trinajstić information content (AvgIpc) is 3.09. The van der Waals surface area contributed by atoms with Gasteiger partial charge in [0, 0.05) is 52.1 Å². The quantitative estimate of drug-likeness (QED) is 0.532. The molecule has 3 rings (SSSR count). The topological polar surface area (TPSA) is 111 Å². The van der Waals surface area contributed by atoms with Gasteiger partial charge in [-0.25, -0.2) is 13.4 Å². The molecule has 0 N–H and O–H groups in total. The molecule has 1 atom stereocenters. The van der Waals surface area contributed by atoms with Crippen molar-refractivity contribution in [1.29, 1.82) is 0 Å². The Balaban J connectivity index is 1.57. The fraction of sp³-hybridized carbons (Fsp3) is 0.789. The van der Waals surface area contributed by atoms with E-state index in [0.717, 1.165) is 0 Å². The van der Waals surface area contributed by atoms with Crippen LogP contribution in [0.1, 0.15) is 33.1 Å². The molecule has 30 heavy (non-hydrogen) atoms.